The Bertz CT molecular complexity index is 1690. The highest BCUT2D eigenvalue weighted by Crippen LogP contribution is 2.38. The normalized spacial score (nSPS) is 13.8. The molecule has 9 heteroatoms. The molecule has 92 heavy (non-hydrogen) atoms. The van der Waals surface area contributed by atoms with Gasteiger partial charge in [-0.1, -0.05) is 408 Å². The number of carbonyl (C=O) groups is 1. The van der Waals surface area contributed by atoms with Crippen LogP contribution in [0.2, 0.25) is 0 Å². The summed E-state index contributed by atoms with van der Waals surface area (Å²) in [5.41, 5.74) is 0. The van der Waals surface area contributed by atoms with Gasteiger partial charge in [-0.05, 0) is 57.8 Å². The zero-order valence-corrected chi connectivity index (χ0v) is 63.2. The van der Waals surface area contributed by atoms with Gasteiger partial charge in [0.05, 0.1) is 39.9 Å². The summed E-state index contributed by atoms with van der Waals surface area (Å²) in [6.45, 7) is 4.60. The fourth-order valence-electron chi connectivity index (χ4n) is 12.5. The molecule has 0 saturated heterocycles. The summed E-state index contributed by atoms with van der Waals surface area (Å²) >= 11 is 0. The van der Waals surface area contributed by atoms with Gasteiger partial charge in [0.2, 0.25) is 5.91 Å². The van der Waals surface area contributed by atoms with Crippen molar-refractivity contribution in [1.82, 2.24) is 5.32 Å². The molecule has 0 spiro atoms. The number of likely N-dealkylation sites (N-methyl/N-ethyl adjacent to an activating group) is 1. The van der Waals surface area contributed by atoms with E-state index in [0.29, 0.717) is 17.4 Å². The number of phosphoric acid groups is 1. The molecule has 0 radical (unpaired) electrons. The SMILES string of the molecule is CC/C=C\C/C=C\C/C=C\C/C=C\CCCCCCCCCCCCCCCCCCCCCCCCCCCCC(=O)NC(COP(=O)([O-])OCC[N+](C)(C)C)C(O)/C=C/CCCCCCCCCCCCCCCCCCCCCCCCCCCCCCC. The molecule has 0 rings (SSSR count). The van der Waals surface area contributed by atoms with E-state index in [-0.39, 0.29) is 19.1 Å². The van der Waals surface area contributed by atoms with Crippen LogP contribution < -0.4 is 10.2 Å². The van der Waals surface area contributed by atoms with Gasteiger partial charge in [0.1, 0.15) is 13.2 Å². The van der Waals surface area contributed by atoms with Gasteiger partial charge in [-0.25, -0.2) is 0 Å². The average molecular weight is 1310 g/mol. The summed E-state index contributed by atoms with van der Waals surface area (Å²) in [7, 11) is 1.28. The van der Waals surface area contributed by atoms with E-state index in [1.807, 2.05) is 27.2 Å². The molecule has 2 N–H and O–H groups in total. The number of aliphatic hydroxyl groups excluding tert-OH is 1. The number of rotatable bonds is 76. The first-order chi connectivity index (χ1) is 45.0. The lowest BCUT2D eigenvalue weighted by Crippen LogP contribution is -2.45. The van der Waals surface area contributed by atoms with Crippen LogP contribution in [0.4, 0.5) is 0 Å². The number of hydrogen-bond acceptors (Lipinski definition) is 6. The van der Waals surface area contributed by atoms with E-state index in [2.05, 4.69) is 67.8 Å². The molecule has 542 valence electrons. The number of amides is 1. The number of quaternary nitrogens is 1. The fourth-order valence-corrected chi connectivity index (χ4v) is 13.2. The third-order valence-electron chi connectivity index (χ3n) is 18.7. The Morgan fingerprint density at radius 1 is 0.391 bits per heavy atom. The number of aliphatic hydroxyl groups is 1. The highest BCUT2D eigenvalue weighted by atomic mass is 31.2. The van der Waals surface area contributed by atoms with Gasteiger partial charge in [-0.3, -0.25) is 9.36 Å². The van der Waals surface area contributed by atoms with E-state index in [1.165, 1.54) is 327 Å². The first-order valence-corrected chi connectivity index (χ1v) is 42.1. The summed E-state index contributed by atoms with van der Waals surface area (Å²) in [5, 5.41) is 14.0. The third kappa shape index (κ3) is 75.6. The lowest BCUT2D eigenvalue weighted by Gasteiger charge is -2.29. The Kier molecular flexibility index (Phi) is 72.0. The van der Waals surface area contributed by atoms with E-state index in [4.69, 9.17) is 9.05 Å². The smallest absolute Gasteiger partial charge is 0.268 e. The van der Waals surface area contributed by atoms with Crippen LogP contribution >= 0.6 is 7.82 Å². The van der Waals surface area contributed by atoms with E-state index in [0.717, 1.165) is 64.2 Å². The van der Waals surface area contributed by atoms with Crippen molar-refractivity contribution >= 4 is 13.7 Å². The molecule has 0 aromatic carbocycles. The van der Waals surface area contributed by atoms with E-state index >= 15 is 0 Å². The molecule has 0 aliphatic rings. The van der Waals surface area contributed by atoms with Gasteiger partial charge in [0.15, 0.2) is 0 Å². The maximum Gasteiger partial charge on any atom is 0.268 e. The topological polar surface area (TPSA) is 108 Å². The average Bonchev–Trinajstić information content (AvgIpc) is 2.63. The third-order valence-corrected chi connectivity index (χ3v) is 19.7. The Hall–Kier alpha value is -1.80. The Morgan fingerprint density at radius 3 is 0.967 bits per heavy atom. The van der Waals surface area contributed by atoms with Crippen LogP contribution in [0.3, 0.4) is 0 Å². The Labute approximate surface area is 574 Å². The minimum Gasteiger partial charge on any atom is -0.756 e. The molecule has 0 saturated carbocycles. The van der Waals surface area contributed by atoms with Crippen LogP contribution in [0.25, 0.3) is 0 Å². The van der Waals surface area contributed by atoms with Gasteiger partial charge in [0.25, 0.3) is 7.82 Å². The maximum absolute atomic E-state index is 13.1. The Morgan fingerprint density at radius 2 is 0.663 bits per heavy atom. The van der Waals surface area contributed by atoms with Crippen LogP contribution in [0.5, 0.6) is 0 Å². The summed E-state index contributed by atoms with van der Waals surface area (Å²) in [6, 6.07) is -0.888. The zero-order valence-electron chi connectivity index (χ0n) is 62.3. The van der Waals surface area contributed by atoms with Crippen molar-refractivity contribution in [3.05, 3.63) is 60.8 Å². The largest absolute Gasteiger partial charge is 0.756 e. The van der Waals surface area contributed by atoms with Crippen LogP contribution in [0, 0.1) is 0 Å². The number of hydrogen-bond donors (Lipinski definition) is 2. The van der Waals surface area contributed by atoms with Crippen molar-refractivity contribution in [3.63, 3.8) is 0 Å². The molecule has 1 amide bonds. The second kappa shape index (κ2) is 73.4. The predicted octanol–water partition coefficient (Wildman–Crippen LogP) is 26.0. The van der Waals surface area contributed by atoms with Crippen LogP contribution in [-0.2, 0) is 18.4 Å². The van der Waals surface area contributed by atoms with Gasteiger partial charge in [-0.15, -0.1) is 0 Å². The molecule has 3 atom stereocenters. The summed E-state index contributed by atoms with van der Waals surface area (Å²) in [5.74, 6) is -0.188. The number of nitrogens with zero attached hydrogens (tertiary/aromatic N) is 1. The van der Waals surface area contributed by atoms with Gasteiger partial charge >= 0.3 is 0 Å². The summed E-state index contributed by atoms with van der Waals surface area (Å²) in [6.07, 6.45) is 103. The molecule has 0 fully saturated rings. The van der Waals surface area contributed by atoms with E-state index in [9.17, 15) is 19.4 Å². The molecular formula is C83H159N2O6P. The minimum atomic E-state index is -4.61. The quantitative estimate of drug-likeness (QED) is 0.0272. The standard InChI is InChI=1S/C83H159N2O6P/c1-6-8-10-12-14-16-18-20-22-24-26-28-30-32-34-36-38-39-40-41-42-43-44-45-47-49-51-53-55-57-59-61-63-65-67-69-71-73-75-77-83(87)84-81(80-91-92(88,89)90-79-78-85(3,4)5)82(86)76-74-72-70-68-66-64-62-60-58-56-54-52-50-48-46-37-35-33-31-29-27-25-23-21-19-17-15-13-11-9-7-2/h8,10,14,16,20,22,26,28,74,76,81-82,86H,6-7,9,11-13,15,17-19,21,23-25,27,29-73,75,77-80H2,1-5H3,(H-,84,87,88,89)/b10-8-,16-14-,22-20-,28-26-,76-74+. The number of carbonyl (C=O) groups excluding carboxylic acids is 1. The lowest BCUT2D eigenvalue weighted by molar-refractivity contribution is -0.870. The van der Waals surface area contributed by atoms with Gasteiger partial charge < -0.3 is 28.8 Å². The summed E-state index contributed by atoms with van der Waals surface area (Å²) < 4.78 is 23.5. The van der Waals surface area contributed by atoms with E-state index < -0.39 is 20.0 Å². The molecule has 0 bridgehead atoms. The predicted molar refractivity (Wildman–Crippen MR) is 404 cm³/mol. The van der Waals surface area contributed by atoms with E-state index in [1.54, 1.807) is 6.08 Å². The van der Waals surface area contributed by atoms with Crippen molar-refractivity contribution in [3.8, 4) is 0 Å². The molecule has 0 aromatic heterocycles. The minimum absolute atomic E-state index is 0.000897. The number of phosphoric ester groups is 1. The molecule has 0 aliphatic carbocycles. The Balaban J connectivity index is 3.92. The highest BCUT2D eigenvalue weighted by Gasteiger charge is 2.23. The van der Waals surface area contributed by atoms with Crippen molar-refractivity contribution in [2.24, 2.45) is 0 Å². The fraction of sp³-hybridized carbons (Fsp3) is 0.867. The first-order valence-electron chi connectivity index (χ1n) is 40.7. The van der Waals surface area contributed by atoms with Crippen molar-refractivity contribution < 1.29 is 32.9 Å². The monoisotopic (exact) mass is 1310 g/mol. The number of unbranched alkanes of at least 4 members (excludes halogenated alkanes) is 55. The molecule has 0 aliphatic heterocycles. The highest BCUT2D eigenvalue weighted by molar-refractivity contribution is 7.45. The van der Waals surface area contributed by atoms with Crippen molar-refractivity contribution in [2.45, 2.75) is 424 Å². The molecule has 0 heterocycles. The van der Waals surface area contributed by atoms with Crippen LogP contribution in [0.1, 0.15) is 412 Å². The zero-order chi connectivity index (χ0) is 66.9. The van der Waals surface area contributed by atoms with Gasteiger partial charge in [-0.2, -0.15) is 0 Å². The second-order valence-electron chi connectivity index (χ2n) is 29.1. The first kappa shape index (κ1) is 90.2. The second-order valence-corrected chi connectivity index (χ2v) is 30.5. The molecule has 0 aromatic rings. The van der Waals surface area contributed by atoms with Crippen LogP contribution in [-0.4, -0.2) is 68.5 Å². The van der Waals surface area contributed by atoms with Crippen LogP contribution in [0.15, 0.2) is 60.8 Å². The maximum atomic E-state index is 13.1. The van der Waals surface area contributed by atoms with Crippen molar-refractivity contribution in [2.75, 3.05) is 40.9 Å². The molecular weight excluding hydrogens is 1150 g/mol. The number of allylic oxidation sites excluding steroid dienone is 9. The van der Waals surface area contributed by atoms with Crippen molar-refractivity contribution in [1.29, 1.82) is 0 Å². The van der Waals surface area contributed by atoms with Gasteiger partial charge in [0, 0.05) is 6.42 Å². The molecule has 8 nitrogen and oxygen atoms in total. The lowest BCUT2D eigenvalue weighted by atomic mass is 10.0. The molecule has 3 unspecified atom stereocenters. The summed E-state index contributed by atoms with van der Waals surface area (Å²) in [4.78, 5) is 25.7. The number of nitrogens with one attached hydrogen (secondary N) is 1.